The van der Waals surface area contributed by atoms with Crippen LogP contribution in [-0.2, 0) is 4.74 Å². The van der Waals surface area contributed by atoms with E-state index < -0.39 is 33.7 Å². The highest BCUT2D eigenvalue weighted by atomic mass is 19.2. The number of nitro benzene ring substituents is 1. The predicted octanol–water partition coefficient (Wildman–Crippen LogP) is 2.12. The van der Waals surface area contributed by atoms with E-state index in [1.165, 1.54) is 4.90 Å². The van der Waals surface area contributed by atoms with E-state index in [-0.39, 0.29) is 19.2 Å². The molecule has 0 N–H and O–H groups in total. The first-order chi connectivity index (χ1) is 9.93. The number of amides is 1. The van der Waals surface area contributed by atoms with Gasteiger partial charge in [-0.1, -0.05) is 6.92 Å². The molecule has 1 fully saturated rings. The minimum atomic E-state index is -1.35. The van der Waals surface area contributed by atoms with Gasteiger partial charge in [-0.25, -0.2) is 8.78 Å². The van der Waals surface area contributed by atoms with Gasteiger partial charge in [0, 0.05) is 13.1 Å². The van der Waals surface area contributed by atoms with Gasteiger partial charge in [-0.15, -0.1) is 0 Å². The molecular formula is C13H14F2N2O4. The number of nitrogens with zero attached hydrogens (tertiary/aromatic N) is 2. The summed E-state index contributed by atoms with van der Waals surface area (Å²) in [6.45, 7) is 2.72. The summed E-state index contributed by atoms with van der Waals surface area (Å²) in [7, 11) is 0. The van der Waals surface area contributed by atoms with Crippen molar-refractivity contribution >= 4 is 11.6 Å². The summed E-state index contributed by atoms with van der Waals surface area (Å²) < 4.78 is 31.8. The summed E-state index contributed by atoms with van der Waals surface area (Å²) >= 11 is 0. The van der Waals surface area contributed by atoms with Gasteiger partial charge in [-0.05, 0) is 12.5 Å². The molecule has 21 heavy (non-hydrogen) atoms. The molecule has 0 aliphatic carbocycles. The van der Waals surface area contributed by atoms with E-state index in [4.69, 9.17) is 4.74 Å². The average Bonchev–Trinajstić information content (AvgIpc) is 2.48. The van der Waals surface area contributed by atoms with Crippen LogP contribution in [0.4, 0.5) is 14.5 Å². The first-order valence-electron chi connectivity index (χ1n) is 6.48. The Bertz CT molecular complexity index is 580. The van der Waals surface area contributed by atoms with Gasteiger partial charge in [0.05, 0.1) is 23.7 Å². The largest absolute Gasteiger partial charge is 0.375 e. The normalized spacial score (nSPS) is 18.6. The fourth-order valence-corrected chi connectivity index (χ4v) is 2.18. The minimum Gasteiger partial charge on any atom is -0.375 e. The summed E-state index contributed by atoms with van der Waals surface area (Å²) in [4.78, 5) is 23.7. The quantitative estimate of drug-likeness (QED) is 0.633. The second-order valence-corrected chi connectivity index (χ2v) is 4.69. The van der Waals surface area contributed by atoms with Crippen molar-refractivity contribution in [2.75, 3.05) is 19.7 Å². The first-order valence-corrected chi connectivity index (χ1v) is 6.48. The summed E-state index contributed by atoms with van der Waals surface area (Å²) in [6, 6.07) is 1.01. The van der Waals surface area contributed by atoms with Crippen molar-refractivity contribution in [1.29, 1.82) is 0 Å². The van der Waals surface area contributed by atoms with Crippen molar-refractivity contribution in [1.82, 2.24) is 4.90 Å². The molecule has 2 rings (SSSR count). The zero-order valence-corrected chi connectivity index (χ0v) is 11.3. The van der Waals surface area contributed by atoms with Crippen LogP contribution in [-0.4, -0.2) is 41.5 Å². The third-order valence-corrected chi connectivity index (χ3v) is 3.35. The molecular weight excluding hydrogens is 286 g/mol. The minimum absolute atomic E-state index is 0.160. The third kappa shape index (κ3) is 3.15. The van der Waals surface area contributed by atoms with E-state index >= 15 is 0 Å². The van der Waals surface area contributed by atoms with Crippen molar-refractivity contribution in [2.24, 2.45) is 0 Å². The van der Waals surface area contributed by atoms with E-state index in [2.05, 4.69) is 0 Å². The van der Waals surface area contributed by atoms with Crippen LogP contribution in [0.15, 0.2) is 12.1 Å². The molecule has 1 saturated heterocycles. The Balaban J connectivity index is 2.34. The highest BCUT2D eigenvalue weighted by Crippen LogP contribution is 2.24. The van der Waals surface area contributed by atoms with Crippen LogP contribution in [0, 0.1) is 21.7 Å². The van der Waals surface area contributed by atoms with Gasteiger partial charge in [0.25, 0.3) is 11.6 Å². The summed E-state index contributed by atoms with van der Waals surface area (Å²) in [5.41, 5.74) is -1.19. The maximum Gasteiger partial charge on any atom is 0.285 e. The van der Waals surface area contributed by atoms with Gasteiger partial charge in [0.15, 0.2) is 11.6 Å². The van der Waals surface area contributed by atoms with Crippen molar-refractivity contribution in [3.8, 4) is 0 Å². The number of benzene rings is 1. The molecule has 0 bridgehead atoms. The number of hydrogen-bond acceptors (Lipinski definition) is 4. The van der Waals surface area contributed by atoms with E-state index in [1.54, 1.807) is 0 Å². The summed E-state index contributed by atoms with van der Waals surface area (Å²) in [5, 5.41) is 10.9. The molecule has 1 amide bonds. The van der Waals surface area contributed by atoms with Gasteiger partial charge in [0.2, 0.25) is 0 Å². The molecule has 0 aromatic heterocycles. The zero-order chi connectivity index (χ0) is 15.6. The molecule has 0 spiro atoms. The molecule has 0 saturated carbocycles. The molecule has 6 nitrogen and oxygen atoms in total. The van der Waals surface area contributed by atoms with Crippen LogP contribution in [0.5, 0.6) is 0 Å². The zero-order valence-electron chi connectivity index (χ0n) is 11.3. The molecule has 1 atom stereocenters. The molecule has 1 heterocycles. The highest BCUT2D eigenvalue weighted by Gasteiger charge is 2.30. The van der Waals surface area contributed by atoms with Gasteiger partial charge in [-0.3, -0.25) is 14.9 Å². The van der Waals surface area contributed by atoms with Crippen LogP contribution in [0.2, 0.25) is 0 Å². The van der Waals surface area contributed by atoms with Gasteiger partial charge >= 0.3 is 0 Å². The van der Waals surface area contributed by atoms with Crippen LogP contribution < -0.4 is 0 Å². The Morgan fingerprint density at radius 1 is 1.48 bits per heavy atom. The Labute approximate surface area is 119 Å². The van der Waals surface area contributed by atoms with E-state index in [9.17, 15) is 23.7 Å². The molecule has 1 aromatic carbocycles. The fraction of sp³-hybridized carbons (Fsp3) is 0.462. The lowest BCUT2D eigenvalue weighted by molar-refractivity contribution is -0.385. The maximum atomic E-state index is 13.3. The number of nitro groups is 1. The van der Waals surface area contributed by atoms with E-state index in [1.807, 2.05) is 6.92 Å². The summed E-state index contributed by atoms with van der Waals surface area (Å²) in [6.07, 6.45) is 0.524. The molecule has 1 aliphatic heterocycles. The van der Waals surface area contributed by atoms with Crippen LogP contribution in [0.1, 0.15) is 23.7 Å². The number of carbonyl (C=O) groups is 1. The number of rotatable bonds is 3. The summed E-state index contributed by atoms with van der Waals surface area (Å²) in [5.74, 6) is -3.33. The lowest BCUT2D eigenvalue weighted by Gasteiger charge is -2.32. The van der Waals surface area contributed by atoms with E-state index in [0.29, 0.717) is 25.2 Å². The molecule has 8 heteroatoms. The van der Waals surface area contributed by atoms with Crippen molar-refractivity contribution < 1.29 is 23.2 Å². The lowest BCUT2D eigenvalue weighted by atomic mass is 10.1. The van der Waals surface area contributed by atoms with Gasteiger partial charge < -0.3 is 9.64 Å². The first kappa shape index (κ1) is 15.3. The van der Waals surface area contributed by atoms with Crippen LogP contribution >= 0.6 is 0 Å². The maximum absolute atomic E-state index is 13.3. The number of halogens is 2. The number of ether oxygens (including phenoxy) is 1. The second kappa shape index (κ2) is 6.13. The molecule has 1 aliphatic rings. The topological polar surface area (TPSA) is 72.7 Å². The predicted molar refractivity (Wildman–Crippen MR) is 68.9 cm³/mol. The third-order valence-electron chi connectivity index (χ3n) is 3.35. The number of hydrogen-bond donors (Lipinski definition) is 0. The average molecular weight is 300 g/mol. The van der Waals surface area contributed by atoms with Crippen molar-refractivity contribution in [2.45, 2.75) is 19.4 Å². The smallest absolute Gasteiger partial charge is 0.285 e. The monoisotopic (exact) mass is 300 g/mol. The molecule has 0 radical (unpaired) electrons. The van der Waals surface area contributed by atoms with Crippen LogP contribution in [0.25, 0.3) is 0 Å². The Morgan fingerprint density at radius 3 is 2.76 bits per heavy atom. The standard InChI is InChI=1S/C13H14F2N2O4/c1-2-8-7-16(3-4-21-8)13(18)9-5-10(14)11(15)6-12(9)17(19)20/h5-6,8H,2-4,7H2,1H3. The van der Waals surface area contributed by atoms with Gasteiger partial charge in [-0.2, -0.15) is 0 Å². The second-order valence-electron chi connectivity index (χ2n) is 4.69. The van der Waals surface area contributed by atoms with Crippen molar-refractivity contribution in [3.05, 3.63) is 39.4 Å². The molecule has 1 aromatic rings. The van der Waals surface area contributed by atoms with Gasteiger partial charge in [0.1, 0.15) is 5.56 Å². The van der Waals surface area contributed by atoms with Crippen LogP contribution in [0.3, 0.4) is 0 Å². The lowest BCUT2D eigenvalue weighted by Crippen LogP contribution is -2.45. The Morgan fingerprint density at radius 2 is 2.14 bits per heavy atom. The Hall–Kier alpha value is -2.09. The van der Waals surface area contributed by atoms with Crippen molar-refractivity contribution in [3.63, 3.8) is 0 Å². The number of morpholine rings is 1. The van der Waals surface area contributed by atoms with E-state index in [0.717, 1.165) is 0 Å². The SMILES string of the molecule is CCC1CN(C(=O)c2cc(F)c(F)cc2[N+](=O)[O-])CCO1. The Kier molecular flexibility index (Phi) is 4.46. The highest BCUT2D eigenvalue weighted by molar-refractivity contribution is 5.98. The number of carbonyl (C=O) groups excluding carboxylic acids is 1. The molecule has 114 valence electrons. The molecule has 1 unspecified atom stereocenters. The fourth-order valence-electron chi connectivity index (χ4n) is 2.18.